The quantitative estimate of drug-likeness (QED) is 0.591. The predicted molar refractivity (Wildman–Crippen MR) is 38.6 cm³/mol. The average Bonchev–Trinajstić information content (AvgIpc) is 1.69. The van der Waals surface area contributed by atoms with Gasteiger partial charge in [-0.25, -0.2) is 0 Å². The van der Waals surface area contributed by atoms with Gasteiger partial charge in [0.2, 0.25) is 0 Å². The number of hydrogen-bond donors (Lipinski definition) is 1. The van der Waals surface area contributed by atoms with Crippen molar-refractivity contribution in [3.63, 3.8) is 0 Å². The van der Waals surface area contributed by atoms with Crippen molar-refractivity contribution in [1.82, 2.24) is 5.32 Å². The van der Waals surface area contributed by atoms with Gasteiger partial charge in [0.15, 0.2) is 0 Å². The van der Waals surface area contributed by atoms with Gasteiger partial charge < -0.3 is 10.1 Å². The zero-order chi connectivity index (χ0) is 5.11. The van der Waals surface area contributed by atoms with Crippen molar-refractivity contribution in [2.24, 2.45) is 0 Å². The summed E-state index contributed by atoms with van der Waals surface area (Å²) in [4.78, 5) is 0. The highest BCUT2D eigenvalue weighted by atomic mass is 79.9. The van der Waals surface area contributed by atoms with Gasteiger partial charge in [-0.3, -0.25) is 0 Å². The van der Waals surface area contributed by atoms with E-state index in [1.165, 1.54) is 0 Å². The third kappa shape index (κ3) is 2.64. The van der Waals surface area contributed by atoms with Crippen molar-refractivity contribution in [3.8, 4) is 0 Å². The Balaban J connectivity index is 0.000000490. The molecular formula is C5H12BrNO. The van der Waals surface area contributed by atoms with Crippen molar-refractivity contribution >= 4 is 17.0 Å². The van der Waals surface area contributed by atoms with Crippen LogP contribution in [0.1, 0.15) is 6.92 Å². The van der Waals surface area contributed by atoms with Crippen LogP contribution in [0.4, 0.5) is 0 Å². The average molecular weight is 182 g/mol. The number of rotatable bonds is 0. The minimum Gasteiger partial charge on any atom is -0.379 e. The summed E-state index contributed by atoms with van der Waals surface area (Å²) in [6, 6.07) is 0.564. The monoisotopic (exact) mass is 181 g/mol. The van der Waals surface area contributed by atoms with Crippen LogP contribution in [0.3, 0.4) is 0 Å². The van der Waals surface area contributed by atoms with E-state index in [0.29, 0.717) is 6.04 Å². The van der Waals surface area contributed by atoms with E-state index >= 15 is 0 Å². The number of hydrogen-bond acceptors (Lipinski definition) is 2. The van der Waals surface area contributed by atoms with Gasteiger partial charge in [-0.05, 0) is 6.92 Å². The molecule has 0 radical (unpaired) electrons. The lowest BCUT2D eigenvalue weighted by atomic mass is 10.3. The normalized spacial score (nSPS) is 28.9. The van der Waals surface area contributed by atoms with E-state index in [1.807, 2.05) is 0 Å². The van der Waals surface area contributed by atoms with Gasteiger partial charge >= 0.3 is 0 Å². The molecule has 0 amide bonds. The number of ether oxygens (including phenoxy) is 1. The van der Waals surface area contributed by atoms with Gasteiger partial charge in [0.1, 0.15) is 0 Å². The van der Waals surface area contributed by atoms with E-state index < -0.39 is 0 Å². The lowest BCUT2D eigenvalue weighted by molar-refractivity contribution is 0.0824. The highest BCUT2D eigenvalue weighted by Gasteiger charge is 2.04. The molecule has 1 fully saturated rings. The van der Waals surface area contributed by atoms with Crippen LogP contribution in [0.2, 0.25) is 0 Å². The second-order valence-corrected chi connectivity index (χ2v) is 1.93. The van der Waals surface area contributed by atoms with Crippen LogP contribution >= 0.6 is 17.0 Å². The summed E-state index contributed by atoms with van der Waals surface area (Å²) < 4.78 is 5.12. The van der Waals surface area contributed by atoms with E-state index in [-0.39, 0.29) is 17.0 Å². The van der Waals surface area contributed by atoms with E-state index in [4.69, 9.17) is 4.74 Å². The number of morpholine rings is 1. The Morgan fingerprint density at radius 1 is 1.62 bits per heavy atom. The largest absolute Gasteiger partial charge is 0.379 e. The fourth-order valence-electron chi connectivity index (χ4n) is 0.697. The Kier molecular flexibility index (Phi) is 4.51. The van der Waals surface area contributed by atoms with Crippen LogP contribution in [-0.4, -0.2) is 25.8 Å². The summed E-state index contributed by atoms with van der Waals surface area (Å²) in [7, 11) is 0. The molecule has 1 N–H and O–H groups in total. The first kappa shape index (κ1) is 8.40. The molecule has 8 heavy (non-hydrogen) atoms. The molecule has 1 aliphatic heterocycles. The van der Waals surface area contributed by atoms with Crippen LogP contribution in [0.25, 0.3) is 0 Å². The summed E-state index contributed by atoms with van der Waals surface area (Å²) in [5, 5.41) is 3.26. The summed E-state index contributed by atoms with van der Waals surface area (Å²) in [6.07, 6.45) is 0. The molecule has 0 aromatic carbocycles. The Hall–Kier alpha value is 0.400. The van der Waals surface area contributed by atoms with Crippen molar-refractivity contribution < 1.29 is 4.74 Å². The minimum atomic E-state index is 0. The molecule has 0 aliphatic carbocycles. The van der Waals surface area contributed by atoms with Gasteiger partial charge in [0.05, 0.1) is 13.2 Å². The zero-order valence-electron chi connectivity index (χ0n) is 5.02. The highest BCUT2D eigenvalue weighted by molar-refractivity contribution is 8.93. The molecule has 1 atom stereocenters. The molecule has 2 nitrogen and oxygen atoms in total. The van der Waals surface area contributed by atoms with Gasteiger partial charge in [-0.15, -0.1) is 17.0 Å². The van der Waals surface area contributed by atoms with Gasteiger partial charge in [-0.2, -0.15) is 0 Å². The van der Waals surface area contributed by atoms with Crippen LogP contribution in [-0.2, 0) is 4.74 Å². The molecule has 0 saturated carbocycles. The summed E-state index contributed by atoms with van der Waals surface area (Å²) in [5.41, 5.74) is 0. The zero-order valence-corrected chi connectivity index (χ0v) is 6.73. The Labute approximate surface area is 60.4 Å². The second-order valence-electron chi connectivity index (χ2n) is 1.93. The Morgan fingerprint density at radius 3 is 2.62 bits per heavy atom. The topological polar surface area (TPSA) is 21.3 Å². The summed E-state index contributed by atoms with van der Waals surface area (Å²) >= 11 is 0. The highest BCUT2D eigenvalue weighted by Crippen LogP contribution is 1.88. The molecule has 1 rings (SSSR count). The van der Waals surface area contributed by atoms with Crippen LogP contribution in [0.5, 0.6) is 0 Å². The molecular weight excluding hydrogens is 170 g/mol. The molecule has 3 heteroatoms. The number of halogens is 1. The van der Waals surface area contributed by atoms with E-state index in [2.05, 4.69) is 12.2 Å². The first-order valence-corrected chi connectivity index (χ1v) is 2.71. The van der Waals surface area contributed by atoms with Gasteiger partial charge in [0, 0.05) is 12.6 Å². The van der Waals surface area contributed by atoms with Crippen LogP contribution < -0.4 is 5.32 Å². The smallest absolute Gasteiger partial charge is 0.0617 e. The van der Waals surface area contributed by atoms with E-state index in [0.717, 1.165) is 19.8 Å². The molecule has 50 valence electrons. The van der Waals surface area contributed by atoms with Gasteiger partial charge in [-0.1, -0.05) is 0 Å². The summed E-state index contributed by atoms with van der Waals surface area (Å²) in [5.74, 6) is 0. The molecule has 0 bridgehead atoms. The lowest BCUT2D eigenvalue weighted by Crippen LogP contribution is -2.38. The second kappa shape index (κ2) is 4.30. The molecule has 1 unspecified atom stereocenters. The maximum atomic E-state index is 5.12. The molecule has 0 spiro atoms. The van der Waals surface area contributed by atoms with Crippen molar-refractivity contribution in [3.05, 3.63) is 0 Å². The van der Waals surface area contributed by atoms with Crippen molar-refractivity contribution in [2.75, 3.05) is 19.8 Å². The predicted octanol–water partition coefficient (Wildman–Crippen LogP) is 0.573. The van der Waals surface area contributed by atoms with E-state index in [1.54, 1.807) is 0 Å². The Bertz CT molecular complexity index is 54.4. The molecule has 1 saturated heterocycles. The fourth-order valence-corrected chi connectivity index (χ4v) is 0.697. The third-order valence-electron chi connectivity index (χ3n) is 1.11. The fraction of sp³-hybridized carbons (Fsp3) is 1.00. The molecule has 1 aliphatic rings. The maximum Gasteiger partial charge on any atom is 0.0617 e. The minimum absolute atomic E-state index is 0. The summed E-state index contributed by atoms with van der Waals surface area (Å²) in [6.45, 7) is 4.89. The molecule has 1 heterocycles. The SMILES string of the molecule is Br.CC1COCCN1. The van der Waals surface area contributed by atoms with Crippen molar-refractivity contribution in [2.45, 2.75) is 13.0 Å². The molecule has 0 aromatic rings. The first-order valence-electron chi connectivity index (χ1n) is 2.71. The first-order chi connectivity index (χ1) is 3.39. The Morgan fingerprint density at radius 2 is 2.38 bits per heavy atom. The van der Waals surface area contributed by atoms with E-state index in [9.17, 15) is 0 Å². The third-order valence-corrected chi connectivity index (χ3v) is 1.11. The van der Waals surface area contributed by atoms with Crippen LogP contribution in [0, 0.1) is 0 Å². The van der Waals surface area contributed by atoms with Crippen LogP contribution in [0.15, 0.2) is 0 Å². The van der Waals surface area contributed by atoms with Gasteiger partial charge in [0.25, 0.3) is 0 Å². The number of nitrogens with one attached hydrogen (secondary N) is 1. The lowest BCUT2D eigenvalue weighted by Gasteiger charge is -2.19. The maximum absolute atomic E-state index is 5.12. The molecule has 0 aromatic heterocycles. The standard InChI is InChI=1S/C5H11NO.BrH/c1-5-4-7-3-2-6-5;/h5-6H,2-4H2,1H3;1H. The van der Waals surface area contributed by atoms with Crippen molar-refractivity contribution in [1.29, 1.82) is 0 Å².